The number of nitrogens with one attached hydrogen (secondary N) is 1. The van der Waals surface area contributed by atoms with Crippen molar-refractivity contribution in [3.05, 3.63) is 36.0 Å². The Kier molecular flexibility index (Phi) is 4.81. The van der Waals surface area contributed by atoms with E-state index in [4.69, 9.17) is 4.42 Å². The maximum atomic E-state index is 13.5. The minimum absolute atomic E-state index is 0.00124. The van der Waals surface area contributed by atoms with Gasteiger partial charge in [0.05, 0.1) is 5.56 Å². The number of hydrogen-bond acceptors (Lipinski definition) is 4. The molecule has 1 amide bonds. The van der Waals surface area contributed by atoms with E-state index in [1.807, 2.05) is 6.92 Å². The van der Waals surface area contributed by atoms with Crippen LogP contribution in [0, 0.1) is 5.82 Å². The summed E-state index contributed by atoms with van der Waals surface area (Å²) in [4.78, 5) is 11.3. The van der Waals surface area contributed by atoms with Crippen molar-refractivity contribution in [1.29, 1.82) is 0 Å². The van der Waals surface area contributed by atoms with Crippen LogP contribution in [-0.4, -0.2) is 22.6 Å². The highest BCUT2D eigenvalue weighted by Crippen LogP contribution is 2.20. The first-order valence-electron chi connectivity index (χ1n) is 6.54. The number of benzene rings is 1. The van der Waals surface area contributed by atoms with E-state index in [9.17, 15) is 9.18 Å². The van der Waals surface area contributed by atoms with Gasteiger partial charge in [-0.1, -0.05) is 19.1 Å². The summed E-state index contributed by atoms with van der Waals surface area (Å²) < 4.78 is 18.9. The Bertz CT molecular complexity index is 583. The highest BCUT2D eigenvalue weighted by Gasteiger charge is 2.12. The van der Waals surface area contributed by atoms with E-state index < -0.39 is 5.82 Å². The third-order valence-corrected chi connectivity index (χ3v) is 2.71. The number of amides is 1. The molecule has 0 unspecified atom stereocenters. The van der Waals surface area contributed by atoms with Gasteiger partial charge < -0.3 is 9.73 Å². The van der Waals surface area contributed by atoms with Crippen molar-refractivity contribution in [1.82, 2.24) is 15.5 Å². The first-order chi connectivity index (χ1) is 9.70. The molecule has 2 aromatic rings. The molecule has 0 fully saturated rings. The van der Waals surface area contributed by atoms with Gasteiger partial charge in [0.2, 0.25) is 11.8 Å². The quantitative estimate of drug-likeness (QED) is 0.880. The summed E-state index contributed by atoms with van der Waals surface area (Å²) in [5.41, 5.74) is 0.279. The Balaban J connectivity index is 1.93. The van der Waals surface area contributed by atoms with Crippen LogP contribution in [0.2, 0.25) is 0 Å². The van der Waals surface area contributed by atoms with Crippen molar-refractivity contribution >= 4 is 5.91 Å². The van der Waals surface area contributed by atoms with Gasteiger partial charge in [-0.05, 0) is 18.6 Å². The fourth-order valence-electron chi connectivity index (χ4n) is 1.72. The number of carbonyl (C=O) groups excluding carboxylic acids is 1. The Labute approximate surface area is 116 Å². The lowest BCUT2D eigenvalue weighted by Crippen LogP contribution is -2.25. The minimum Gasteiger partial charge on any atom is -0.421 e. The zero-order valence-electron chi connectivity index (χ0n) is 11.2. The van der Waals surface area contributed by atoms with Crippen LogP contribution in [0.5, 0.6) is 0 Å². The van der Waals surface area contributed by atoms with Gasteiger partial charge in [0.1, 0.15) is 5.82 Å². The Hall–Kier alpha value is -2.24. The highest BCUT2D eigenvalue weighted by molar-refractivity contribution is 5.75. The molecule has 0 radical (unpaired) electrons. The fraction of sp³-hybridized carbons (Fsp3) is 0.357. The molecular formula is C14H16FN3O2. The Morgan fingerprint density at radius 3 is 2.90 bits per heavy atom. The standard InChI is InChI=1S/C14H16FN3O2/c1-2-5-12(19)16-9-8-13-17-18-14(20-13)10-6-3-4-7-11(10)15/h3-4,6-7H,2,5,8-9H2,1H3,(H,16,19). The van der Waals surface area contributed by atoms with E-state index in [2.05, 4.69) is 15.5 Å². The maximum Gasteiger partial charge on any atom is 0.250 e. The lowest BCUT2D eigenvalue weighted by atomic mass is 10.2. The number of nitrogens with zero attached hydrogens (tertiary/aromatic N) is 2. The molecule has 0 bridgehead atoms. The third kappa shape index (κ3) is 3.63. The number of halogens is 1. The van der Waals surface area contributed by atoms with Crippen LogP contribution in [0.4, 0.5) is 4.39 Å². The molecule has 1 aromatic heterocycles. The van der Waals surface area contributed by atoms with Crippen LogP contribution in [0.3, 0.4) is 0 Å². The van der Waals surface area contributed by atoms with Gasteiger partial charge in [0.25, 0.3) is 5.89 Å². The second kappa shape index (κ2) is 6.79. The highest BCUT2D eigenvalue weighted by atomic mass is 19.1. The molecule has 0 saturated heterocycles. The molecule has 20 heavy (non-hydrogen) atoms. The van der Waals surface area contributed by atoms with Gasteiger partial charge in [0.15, 0.2) is 0 Å². The molecule has 0 aliphatic carbocycles. The zero-order chi connectivity index (χ0) is 14.4. The van der Waals surface area contributed by atoms with Crippen LogP contribution < -0.4 is 5.32 Å². The summed E-state index contributed by atoms with van der Waals surface area (Å²) >= 11 is 0. The zero-order valence-corrected chi connectivity index (χ0v) is 11.2. The topological polar surface area (TPSA) is 68.0 Å². The Morgan fingerprint density at radius 1 is 1.35 bits per heavy atom. The van der Waals surface area contributed by atoms with Crippen LogP contribution >= 0.6 is 0 Å². The predicted molar refractivity (Wildman–Crippen MR) is 71.3 cm³/mol. The van der Waals surface area contributed by atoms with Crippen LogP contribution in [-0.2, 0) is 11.2 Å². The lowest BCUT2D eigenvalue weighted by molar-refractivity contribution is -0.121. The van der Waals surface area contributed by atoms with Gasteiger partial charge >= 0.3 is 0 Å². The van der Waals surface area contributed by atoms with E-state index in [-0.39, 0.29) is 17.4 Å². The van der Waals surface area contributed by atoms with Crippen molar-refractivity contribution in [2.24, 2.45) is 0 Å². The maximum absolute atomic E-state index is 13.5. The summed E-state index contributed by atoms with van der Waals surface area (Å²) in [6.07, 6.45) is 1.74. The summed E-state index contributed by atoms with van der Waals surface area (Å²) in [6.45, 7) is 2.37. The van der Waals surface area contributed by atoms with Crippen molar-refractivity contribution in [3.8, 4) is 11.5 Å². The van der Waals surface area contributed by atoms with Crippen molar-refractivity contribution < 1.29 is 13.6 Å². The van der Waals surface area contributed by atoms with Gasteiger partial charge in [-0.15, -0.1) is 10.2 Å². The Morgan fingerprint density at radius 2 is 2.15 bits per heavy atom. The molecule has 6 heteroatoms. The molecule has 1 N–H and O–H groups in total. The van der Waals surface area contributed by atoms with E-state index >= 15 is 0 Å². The first kappa shape index (κ1) is 14.2. The number of hydrogen-bond donors (Lipinski definition) is 1. The molecule has 2 rings (SSSR count). The summed E-state index contributed by atoms with van der Waals surface area (Å²) in [5, 5.41) is 10.4. The molecule has 1 aromatic carbocycles. The second-order valence-electron chi connectivity index (χ2n) is 4.33. The average Bonchev–Trinajstić information content (AvgIpc) is 2.88. The molecule has 0 spiro atoms. The van der Waals surface area contributed by atoms with Crippen LogP contribution in [0.15, 0.2) is 28.7 Å². The molecular weight excluding hydrogens is 261 g/mol. The third-order valence-electron chi connectivity index (χ3n) is 2.71. The van der Waals surface area contributed by atoms with Gasteiger partial charge in [-0.25, -0.2) is 4.39 Å². The van der Waals surface area contributed by atoms with Crippen molar-refractivity contribution in [2.45, 2.75) is 26.2 Å². The van der Waals surface area contributed by atoms with Gasteiger partial charge in [0, 0.05) is 19.4 Å². The number of carbonyl (C=O) groups is 1. The largest absolute Gasteiger partial charge is 0.421 e. The lowest BCUT2D eigenvalue weighted by Gasteiger charge is -2.01. The average molecular weight is 277 g/mol. The molecule has 1 heterocycles. The number of aromatic nitrogens is 2. The molecule has 0 aliphatic heterocycles. The van der Waals surface area contributed by atoms with E-state index in [0.29, 0.717) is 25.3 Å². The minimum atomic E-state index is -0.404. The molecule has 106 valence electrons. The number of rotatable bonds is 6. The van der Waals surface area contributed by atoms with Gasteiger partial charge in [-0.2, -0.15) is 0 Å². The molecule has 0 atom stereocenters. The second-order valence-corrected chi connectivity index (χ2v) is 4.33. The monoisotopic (exact) mass is 277 g/mol. The predicted octanol–water partition coefficient (Wildman–Crippen LogP) is 2.33. The normalized spacial score (nSPS) is 10.5. The van der Waals surface area contributed by atoms with E-state index in [0.717, 1.165) is 6.42 Å². The molecule has 0 aliphatic rings. The van der Waals surface area contributed by atoms with Crippen LogP contribution in [0.25, 0.3) is 11.5 Å². The summed E-state index contributed by atoms with van der Waals surface area (Å²) in [5.74, 6) is 0.123. The smallest absolute Gasteiger partial charge is 0.250 e. The summed E-state index contributed by atoms with van der Waals surface area (Å²) in [6, 6.07) is 6.21. The fourth-order valence-corrected chi connectivity index (χ4v) is 1.72. The van der Waals surface area contributed by atoms with Crippen LogP contribution in [0.1, 0.15) is 25.7 Å². The first-order valence-corrected chi connectivity index (χ1v) is 6.54. The van der Waals surface area contributed by atoms with E-state index in [1.165, 1.54) is 6.07 Å². The van der Waals surface area contributed by atoms with Gasteiger partial charge in [-0.3, -0.25) is 4.79 Å². The van der Waals surface area contributed by atoms with Crippen molar-refractivity contribution in [3.63, 3.8) is 0 Å². The van der Waals surface area contributed by atoms with E-state index in [1.54, 1.807) is 18.2 Å². The SMILES string of the molecule is CCCC(=O)NCCc1nnc(-c2ccccc2F)o1. The summed E-state index contributed by atoms with van der Waals surface area (Å²) in [7, 11) is 0. The van der Waals surface area contributed by atoms with Crippen molar-refractivity contribution in [2.75, 3.05) is 6.54 Å². The molecule has 5 nitrogen and oxygen atoms in total. The molecule has 0 saturated carbocycles.